The highest BCUT2D eigenvalue weighted by Crippen LogP contribution is 2.46. The average molecular weight is 747 g/mol. The first-order valence-electron chi connectivity index (χ1n) is 16.1. The summed E-state index contributed by atoms with van der Waals surface area (Å²) in [6.07, 6.45) is -6.02. The van der Waals surface area contributed by atoms with Crippen molar-refractivity contribution >= 4 is 47.8 Å². The highest BCUT2D eigenvalue weighted by Gasteiger charge is 2.49. The Morgan fingerprint density at radius 1 is 1.10 bits per heavy atom. The number of nitrogen functional groups attached to an aromatic ring is 1. The summed E-state index contributed by atoms with van der Waals surface area (Å²) in [7, 11) is -4.10. The number of benzene rings is 2. The van der Waals surface area contributed by atoms with Crippen molar-refractivity contribution in [1.82, 2.24) is 24.6 Å². The number of nitrogens with one attached hydrogen (secondary N) is 1. The SMILES string of the molecule is CCC(C)(C)C(=O)SCCOP(=O)(NCc1ccccc1)OC[C@H]1O[C@@H](n2cnc3c(N)nc(F)nc32)[C@@H](OC(=O)OCc2ccccc2)[C@@H]1O. The fourth-order valence-electron chi connectivity index (χ4n) is 4.88. The van der Waals surface area contributed by atoms with E-state index in [4.69, 9.17) is 29.0 Å². The summed E-state index contributed by atoms with van der Waals surface area (Å²) >= 11 is 1.07. The van der Waals surface area contributed by atoms with Gasteiger partial charge >= 0.3 is 20.0 Å². The highest BCUT2D eigenvalue weighted by molar-refractivity contribution is 8.13. The van der Waals surface area contributed by atoms with Crippen molar-refractivity contribution in [2.45, 2.75) is 64.9 Å². The first-order chi connectivity index (χ1) is 24.4. The Kier molecular flexibility index (Phi) is 12.8. The summed E-state index contributed by atoms with van der Waals surface area (Å²) in [6.45, 7) is 5.01. The monoisotopic (exact) mass is 746 g/mol. The lowest BCUT2D eigenvalue weighted by Crippen LogP contribution is -2.37. The third kappa shape index (κ3) is 9.89. The number of anilines is 1. The second-order valence-electron chi connectivity index (χ2n) is 12.2. The van der Waals surface area contributed by atoms with Gasteiger partial charge in [0.05, 0.1) is 19.5 Å². The molecule has 4 N–H and O–H groups in total. The van der Waals surface area contributed by atoms with Crippen molar-refractivity contribution in [1.29, 1.82) is 0 Å². The Morgan fingerprint density at radius 3 is 2.47 bits per heavy atom. The predicted molar refractivity (Wildman–Crippen MR) is 185 cm³/mol. The quantitative estimate of drug-likeness (QED) is 0.0588. The van der Waals surface area contributed by atoms with Crippen LogP contribution in [-0.4, -0.2) is 73.2 Å². The second kappa shape index (κ2) is 17.0. The van der Waals surface area contributed by atoms with E-state index in [9.17, 15) is 23.7 Å². The molecule has 51 heavy (non-hydrogen) atoms. The Labute approximate surface area is 298 Å². The first-order valence-corrected chi connectivity index (χ1v) is 18.6. The van der Waals surface area contributed by atoms with Gasteiger partial charge in [-0.25, -0.2) is 19.4 Å². The summed E-state index contributed by atoms with van der Waals surface area (Å²) in [4.78, 5) is 36.8. The lowest BCUT2D eigenvalue weighted by Gasteiger charge is -2.23. The van der Waals surface area contributed by atoms with Gasteiger partial charge in [0.2, 0.25) is 0 Å². The van der Waals surface area contributed by atoms with Crippen LogP contribution in [0, 0.1) is 11.5 Å². The Balaban J connectivity index is 1.32. The van der Waals surface area contributed by atoms with Gasteiger partial charge in [-0.15, -0.1) is 0 Å². The number of nitrogens with two attached hydrogens (primary N) is 1. The van der Waals surface area contributed by atoms with Gasteiger partial charge in [-0.3, -0.25) is 18.4 Å². The number of hydrogen-bond donors (Lipinski definition) is 3. The molecule has 1 unspecified atom stereocenters. The zero-order valence-corrected chi connectivity index (χ0v) is 29.9. The number of fused-ring (bicyclic) bond motifs is 1. The molecule has 3 heterocycles. The molecule has 0 amide bonds. The van der Waals surface area contributed by atoms with Gasteiger partial charge in [-0.2, -0.15) is 14.4 Å². The molecule has 1 fully saturated rings. The number of halogens is 1. The Morgan fingerprint density at radius 2 is 1.78 bits per heavy atom. The van der Waals surface area contributed by atoms with E-state index < -0.39 is 56.5 Å². The number of carbonyl (C=O) groups excluding carboxylic acids is 2. The van der Waals surface area contributed by atoms with Gasteiger partial charge in [0.25, 0.3) is 0 Å². The number of aromatic nitrogens is 4. The van der Waals surface area contributed by atoms with Crippen LogP contribution in [0.1, 0.15) is 44.5 Å². The molecule has 18 heteroatoms. The molecule has 5 atom stereocenters. The van der Waals surface area contributed by atoms with Crippen molar-refractivity contribution in [2.75, 3.05) is 24.7 Å². The van der Waals surface area contributed by atoms with Crippen molar-refractivity contribution in [3.8, 4) is 0 Å². The number of aliphatic hydroxyl groups is 1. The number of imidazole rings is 1. The zero-order chi connectivity index (χ0) is 36.6. The van der Waals surface area contributed by atoms with Crippen LogP contribution in [0.3, 0.4) is 0 Å². The number of hydrogen-bond acceptors (Lipinski definition) is 14. The molecule has 5 rings (SSSR count). The molecule has 0 saturated carbocycles. The summed E-state index contributed by atoms with van der Waals surface area (Å²) in [5, 5.41) is 14.2. The maximum atomic E-state index is 14.2. The number of ether oxygens (including phenoxy) is 3. The average Bonchev–Trinajstić information content (AvgIpc) is 3.68. The van der Waals surface area contributed by atoms with Crippen LogP contribution in [0.2, 0.25) is 0 Å². The minimum Gasteiger partial charge on any atom is -0.429 e. The number of carbonyl (C=O) groups is 2. The predicted octanol–water partition coefficient (Wildman–Crippen LogP) is 5.16. The normalized spacial score (nSPS) is 20.3. The van der Waals surface area contributed by atoms with E-state index in [0.717, 1.165) is 17.3 Å². The van der Waals surface area contributed by atoms with E-state index in [-0.39, 0.29) is 47.6 Å². The smallest absolute Gasteiger partial charge is 0.429 e. The fourth-order valence-corrected chi connectivity index (χ4v) is 7.20. The molecule has 274 valence electrons. The molecule has 1 aliphatic heterocycles. The van der Waals surface area contributed by atoms with Crippen molar-refractivity contribution < 1.29 is 46.9 Å². The molecule has 2 aromatic carbocycles. The van der Waals surface area contributed by atoms with E-state index in [1.165, 1.54) is 10.9 Å². The number of thioether (sulfide) groups is 1. The van der Waals surface area contributed by atoms with Gasteiger partial charge in [0, 0.05) is 17.7 Å². The lowest BCUT2D eigenvalue weighted by molar-refractivity contribution is -0.118. The van der Waals surface area contributed by atoms with Gasteiger partial charge in [0.1, 0.15) is 18.8 Å². The maximum Gasteiger partial charge on any atom is 0.509 e. The molecule has 4 aromatic rings. The lowest BCUT2D eigenvalue weighted by atomic mass is 9.92. The zero-order valence-electron chi connectivity index (χ0n) is 28.2. The number of aliphatic hydroxyl groups excluding tert-OH is 1. The first kappa shape index (κ1) is 38.3. The second-order valence-corrected chi connectivity index (χ2v) is 15.1. The third-order valence-electron chi connectivity index (χ3n) is 8.18. The molecule has 0 bridgehead atoms. The minimum atomic E-state index is -4.10. The largest absolute Gasteiger partial charge is 0.509 e. The summed E-state index contributed by atoms with van der Waals surface area (Å²) in [5.74, 6) is -0.0288. The molecule has 0 aliphatic carbocycles. The molecule has 1 aliphatic rings. The van der Waals surface area contributed by atoms with Crippen molar-refractivity contribution in [2.24, 2.45) is 5.41 Å². The molecule has 1 saturated heterocycles. The Hall–Kier alpha value is -3.96. The maximum absolute atomic E-state index is 14.2. The van der Waals surface area contributed by atoms with Crippen LogP contribution in [-0.2, 0) is 45.8 Å². The molecule has 0 spiro atoms. The van der Waals surface area contributed by atoms with E-state index >= 15 is 0 Å². The molecular formula is C33H40FN6O9PS. The standard InChI is InChI=1S/C33H40FN6O9PS/c1-4-33(2,3)30(42)51-16-15-46-50(44,37-17-21-11-7-5-8-12-21)47-19-23-25(41)26(49-32(43)45-18-22-13-9-6-10-14-22)29(48-23)40-20-36-24-27(35)38-31(34)39-28(24)40/h5-14,20,23,25-26,29,41H,4,15-19H2,1-3H3,(H,37,44)(H2,35,38,39)/t23-,25-,26+,29-,50?/m1/s1. The van der Waals surface area contributed by atoms with Crippen LogP contribution in [0.4, 0.5) is 15.0 Å². The van der Waals surface area contributed by atoms with Gasteiger partial charge in [-0.1, -0.05) is 93.2 Å². The van der Waals surface area contributed by atoms with Crippen LogP contribution >= 0.6 is 19.5 Å². The molecule has 15 nitrogen and oxygen atoms in total. The summed E-state index contributed by atoms with van der Waals surface area (Å²) in [6, 6.07) is 18.0. The van der Waals surface area contributed by atoms with E-state index in [2.05, 4.69) is 20.0 Å². The number of rotatable bonds is 16. The summed E-state index contributed by atoms with van der Waals surface area (Å²) in [5.41, 5.74) is 6.74. The third-order valence-corrected chi connectivity index (χ3v) is 10.9. The van der Waals surface area contributed by atoms with Crippen molar-refractivity contribution in [3.05, 3.63) is 84.2 Å². The molecule has 2 aromatic heterocycles. The molecular weight excluding hydrogens is 706 g/mol. The fraction of sp³-hybridized carbons (Fsp3) is 0.424. The van der Waals surface area contributed by atoms with Gasteiger partial charge in [0.15, 0.2) is 34.4 Å². The summed E-state index contributed by atoms with van der Waals surface area (Å²) < 4.78 is 57.9. The van der Waals surface area contributed by atoms with Crippen LogP contribution in [0.5, 0.6) is 0 Å². The van der Waals surface area contributed by atoms with Crippen LogP contribution in [0.15, 0.2) is 67.0 Å². The topological polar surface area (TPSA) is 199 Å². The Bertz CT molecular complexity index is 1840. The van der Waals surface area contributed by atoms with E-state index in [1.807, 2.05) is 57.2 Å². The van der Waals surface area contributed by atoms with Crippen LogP contribution < -0.4 is 10.8 Å². The van der Waals surface area contributed by atoms with Crippen LogP contribution in [0.25, 0.3) is 11.2 Å². The van der Waals surface area contributed by atoms with Gasteiger partial charge in [-0.05, 0) is 17.5 Å². The van der Waals surface area contributed by atoms with E-state index in [1.54, 1.807) is 24.3 Å². The molecule has 0 radical (unpaired) electrons. The minimum absolute atomic E-state index is 0.0256. The van der Waals surface area contributed by atoms with E-state index in [0.29, 0.717) is 12.0 Å². The highest BCUT2D eigenvalue weighted by atomic mass is 32.2. The number of nitrogens with zero attached hydrogens (tertiary/aromatic N) is 4. The van der Waals surface area contributed by atoms with Crippen molar-refractivity contribution in [3.63, 3.8) is 0 Å². The van der Waals surface area contributed by atoms with Gasteiger partial charge < -0.3 is 25.1 Å².